The first-order valence-corrected chi connectivity index (χ1v) is 6.57. The van der Waals surface area contributed by atoms with Crippen molar-refractivity contribution in [3.8, 4) is 0 Å². The van der Waals surface area contributed by atoms with Crippen LogP contribution in [-0.2, 0) is 14.3 Å². The number of likely N-dealkylation sites (tertiary alicyclic amines) is 1. The molecular weight excluding hydrogens is 270 g/mol. The first-order chi connectivity index (χ1) is 8.66. The number of nitrogens with one attached hydrogen (secondary N) is 2. The maximum absolute atomic E-state index is 11.9. The van der Waals surface area contributed by atoms with Crippen LogP contribution < -0.4 is 10.6 Å². The summed E-state index contributed by atoms with van der Waals surface area (Å²) in [5.41, 5.74) is 0. The predicted octanol–water partition coefficient (Wildman–Crippen LogP) is -0.476. The fourth-order valence-corrected chi connectivity index (χ4v) is 2.34. The number of halogens is 1. The van der Waals surface area contributed by atoms with Crippen molar-refractivity contribution in [3.63, 3.8) is 0 Å². The summed E-state index contributed by atoms with van der Waals surface area (Å²) < 4.78 is 5.38. The van der Waals surface area contributed by atoms with Crippen LogP contribution in [-0.4, -0.2) is 61.6 Å². The van der Waals surface area contributed by atoms with Crippen LogP contribution in [0.2, 0.25) is 0 Å². The molecule has 0 bridgehead atoms. The smallest absolute Gasteiger partial charge is 0.250 e. The molecule has 6 nitrogen and oxygen atoms in total. The molecule has 19 heavy (non-hydrogen) atoms. The molecule has 0 radical (unpaired) electrons. The Morgan fingerprint density at radius 2 is 2.42 bits per heavy atom. The Labute approximate surface area is 119 Å². The SMILES string of the molecule is CC(CN1CCCC1=O)NC(=O)C1CNCCO1.Cl. The largest absolute Gasteiger partial charge is 0.366 e. The second-order valence-electron chi connectivity index (χ2n) is 4.92. The van der Waals surface area contributed by atoms with E-state index in [4.69, 9.17) is 4.74 Å². The number of rotatable bonds is 4. The van der Waals surface area contributed by atoms with Crippen LogP contribution in [0, 0.1) is 0 Å². The highest BCUT2D eigenvalue weighted by Gasteiger charge is 2.25. The molecule has 2 atom stereocenters. The van der Waals surface area contributed by atoms with E-state index in [-0.39, 0.29) is 30.3 Å². The van der Waals surface area contributed by atoms with Crippen molar-refractivity contribution in [2.75, 3.05) is 32.8 Å². The number of carbonyl (C=O) groups is 2. The summed E-state index contributed by atoms with van der Waals surface area (Å²) >= 11 is 0. The highest BCUT2D eigenvalue weighted by molar-refractivity contribution is 5.85. The lowest BCUT2D eigenvalue weighted by Gasteiger charge is -2.26. The summed E-state index contributed by atoms with van der Waals surface area (Å²) in [5, 5.41) is 6.02. The highest BCUT2D eigenvalue weighted by Crippen LogP contribution is 2.09. The molecule has 0 saturated carbocycles. The third-order valence-corrected chi connectivity index (χ3v) is 3.27. The first kappa shape index (κ1) is 16.2. The van der Waals surface area contributed by atoms with Crippen LogP contribution in [0.5, 0.6) is 0 Å². The molecule has 2 heterocycles. The molecule has 2 rings (SSSR count). The van der Waals surface area contributed by atoms with Gasteiger partial charge in [-0.3, -0.25) is 9.59 Å². The average Bonchev–Trinajstić information content (AvgIpc) is 2.76. The lowest BCUT2D eigenvalue weighted by Crippen LogP contribution is -2.51. The molecule has 2 amide bonds. The van der Waals surface area contributed by atoms with Gasteiger partial charge in [-0.1, -0.05) is 0 Å². The summed E-state index contributed by atoms with van der Waals surface area (Å²) in [4.78, 5) is 25.2. The molecular formula is C12H22ClN3O3. The van der Waals surface area contributed by atoms with Crippen molar-refractivity contribution in [3.05, 3.63) is 0 Å². The number of morpholine rings is 1. The van der Waals surface area contributed by atoms with E-state index in [1.54, 1.807) is 0 Å². The zero-order chi connectivity index (χ0) is 13.0. The normalized spacial score (nSPS) is 24.8. The quantitative estimate of drug-likeness (QED) is 0.734. The van der Waals surface area contributed by atoms with Gasteiger partial charge in [0.1, 0.15) is 6.10 Å². The summed E-state index contributed by atoms with van der Waals surface area (Å²) in [7, 11) is 0. The summed E-state index contributed by atoms with van der Waals surface area (Å²) in [6.45, 7) is 5.23. The van der Waals surface area contributed by atoms with Gasteiger partial charge in [0.2, 0.25) is 5.91 Å². The molecule has 2 saturated heterocycles. The monoisotopic (exact) mass is 291 g/mol. The van der Waals surface area contributed by atoms with Gasteiger partial charge in [-0.2, -0.15) is 0 Å². The Morgan fingerprint density at radius 1 is 1.63 bits per heavy atom. The van der Waals surface area contributed by atoms with Gasteiger partial charge in [0.05, 0.1) is 6.61 Å². The van der Waals surface area contributed by atoms with E-state index < -0.39 is 6.10 Å². The van der Waals surface area contributed by atoms with Crippen molar-refractivity contribution in [1.29, 1.82) is 0 Å². The molecule has 0 spiro atoms. The third kappa shape index (κ3) is 4.63. The predicted molar refractivity (Wildman–Crippen MR) is 73.3 cm³/mol. The van der Waals surface area contributed by atoms with Crippen LogP contribution in [0.15, 0.2) is 0 Å². The lowest BCUT2D eigenvalue weighted by atomic mass is 10.2. The maximum atomic E-state index is 11.9. The van der Waals surface area contributed by atoms with E-state index in [0.717, 1.165) is 19.5 Å². The molecule has 2 aliphatic heterocycles. The lowest BCUT2D eigenvalue weighted by molar-refractivity contribution is -0.135. The molecule has 2 aliphatic rings. The Hall–Kier alpha value is -0.850. The van der Waals surface area contributed by atoms with Crippen molar-refractivity contribution in [1.82, 2.24) is 15.5 Å². The molecule has 0 aromatic heterocycles. The van der Waals surface area contributed by atoms with Gasteiger partial charge >= 0.3 is 0 Å². The van der Waals surface area contributed by atoms with E-state index in [0.29, 0.717) is 26.1 Å². The molecule has 7 heteroatoms. The van der Waals surface area contributed by atoms with E-state index in [9.17, 15) is 9.59 Å². The van der Waals surface area contributed by atoms with Crippen LogP contribution in [0.25, 0.3) is 0 Å². The average molecular weight is 292 g/mol. The number of carbonyl (C=O) groups excluding carboxylic acids is 2. The summed E-state index contributed by atoms with van der Waals surface area (Å²) in [6, 6.07) is -0.0370. The number of hydrogen-bond donors (Lipinski definition) is 2. The second-order valence-corrected chi connectivity index (χ2v) is 4.92. The summed E-state index contributed by atoms with van der Waals surface area (Å²) in [6.07, 6.45) is 1.15. The molecule has 2 N–H and O–H groups in total. The van der Waals surface area contributed by atoms with Crippen molar-refractivity contribution in [2.24, 2.45) is 0 Å². The van der Waals surface area contributed by atoms with Gasteiger partial charge in [-0.05, 0) is 13.3 Å². The van der Waals surface area contributed by atoms with Gasteiger partial charge in [0.15, 0.2) is 0 Å². The Morgan fingerprint density at radius 3 is 3.00 bits per heavy atom. The Kier molecular flexibility index (Phi) is 6.54. The minimum Gasteiger partial charge on any atom is -0.366 e. The molecule has 2 fully saturated rings. The zero-order valence-electron chi connectivity index (χ0n) is 11.2. The van der Waals surface area contributed by atoms with Gasteiger partial charge in [0.25, 0.3) is 5.91 Å². The minimum absolute atomic E-state index is 0. The van der Waals surface area contributed by atoms with Gasteiger partial charge in [-0.15, -0.1) is 12.4 Å². The number of amides is 2. The topological polar surface area (TPSA) is 70.7 Å². The summed E-state index contributed by atoms with van der Waals surface area (Å²) in [5.74, 6) is 0.0908. The van der Waals surface area contributed by atoms with Gasteiger partial charge < -0.3 is 20.3 Å². The van der Waals surface area contributed by atoms with E-state index in [1.807, 2.05) is 11.8 Å². The number of ether oxygens (including phenoxy) is 1. The fraction of sp³-hybridized carbons (Fsp3) is 0.833. The Balaban J connectivity index is 0.00000180. The zero-order valence-corrected chi connectivity index (χ0v) is 12.0. The van der Waals surface area contributed by atoms with Crippen LogP contribution >= 0.6 is 12.4 Å². The molecule has 0 aliphatic carbocycles. The van der Waals surface area contributed by atoms with Crippen molar-refractivity contribution in [2.45, 2.75) is 31.9 Å². The van der Waals surface area contributed by atoms with Crippen LogP contribution in [0.3, 0.4) is 0 Å². The molecule has 110 valence electrons. The first-order valence-electron chi connectivity index (χ1n) is 6.57. The van der Waals surface area contributed by atoms with Crippen molar-refractivity contribution < 1.29 is 14.3 Å². The van der Waals surface area contributed by atoms with Gasteiger partial charge in [0, 0.05) is 38.6 Å². The van der Waals surface area contributed by atoms with E-state index >= 15 is 0 Å². The van der Waals surface area contributed by atoms with Crippen molar-refractivity contribution >= 4 is 24.2 Å². The third-order valence-electron chi connectivity index (χ3n) is 3.27. The molecule has 0 aromatic carbocycles. The molecule has 0 aromatic rings. The number of hydrogen-bond acceptors (Lipinski definition) is 4. The second kappa shape index (κ2) is 7.67. The fourth-order valence-electron chi connectivity index (χ4n) is 2.34. The standard InChI is InChI=1S/C12H21N3O3.ClH/c1-9(8-15-5-2-3-11(15)16)14-12(17)10-7-13-4-6-18-10;/h9-10,13H,2-8H2,1H3,(H,14,17);1H. The Bertz CT molecular complexity index is 321. The minimum atomic E-state index is -0.407. The number of nitrogens with zero attached hydrogens (tertiary/aromatic N) is 1. The maximum Gasteiger partial charge on any atom is 0.250 e. The van der Waals surface area contributed by atoms with E-state index in [1.165, 1.54) is 0 Å². The van der Waals surface area contributed by atoms with Crippen LogP contribution in [0.4, 0.5) is 0 Å². The van der Waals surface area contributed by atoms with E-state index in [2.05, 4.69) is 10.6 Å². The van der Waals surface area contributed by atoms with Gasteiger partial charge in [-0.25, -0.2) is 0 Å². The van der Waals surface area contributed by atoms with Crippen LogP contribution in [0.1, 0.15) is 19.8 Å². The molecule has 2 unspecified atom stereocenters. The highest BCUT2D eigenvalue weighted by atomic mass is 35.5.